The van der Waals surface area contributed by atoms with Gasteiger partial charge in [0, 0.05) is 18.9 Å². The number of rotatable bonds is 6. The van der Waals surface area contributed by atoms with E-state index in [1.165, 1.54) is 0 Å². The van der Waals surface area contributed by atoms with Crippen molar-refractivity contribution in [1.29, 1.82) is 0 Å². The molecule has 0 radical (unpaired) electrons. The Morgan fingerprint density at radius 3 is 3.19 bits per heavy atom. The molecule has 0 aliphatic heterocycles. The summed E-state index contributed by atoms with van der Waals surface area (Å²) >= 11 is 0. The fourth-order valence-corrected chi connectivity index (χ4v) is 1.67. The van der Waals surface area contributed by atoms with Gasteiger partial charge in [-0.2, -0.15) is 0 Å². The van der Waals surface area contributed by atoms with Crippen molar-refractivity contribution in [2.45, 2.75) is 20.0 Å². The molecule has 0 saturated heterocycles. The molecule has 0 aliphatic rings. The zero-order valence-electron chi connectivity index (χ0n) is 9.47. The molecule has 1 N–H and O–H groups in total. The normalized spacial score (nSPS) is 12.8. The standard InChI is InChI=1S/C12H17N3O/c1-11(9-15-5-4-13-10-15)7-14-8-12-3-2-6-16-12/h2-6,10-11,14H,7-9H2,1H3. The topological polar surface area (TPSA) is 43.0 Å². The van der Waals surface area contributed by atoms with E-state index in [9.17, 15) is 0 Å². The summed E-state index contributed by atoms with van der Waals surface area (Å²) in [6.45, 7) is 4.97. The Morgan fingerprint density at radius 2 is 2.50 bits per heavy atom. The fourth-order valence-electron chi connectivity index (χ4n) is 1.67. The van der Waals surface area contributed by atoms with Crippen LogP contribution in [0, 0.1) is 5.92 Å². The molecule has 16 heavy (non-hydrogen) atoms. The lowest BCUT2D eigenvalue weighted by atomic mass is 10.2. The van der Waals surface area contributed by atoms with Crippen LogP contribution in [0.25, 0.3) is 0 Å². The first-order valence-electron chi connectivity index (χ1n) is 5.53. The van der Waals surface area contributed by atoms with E-state index in [1.54, 1.807) is 6.26 Å². The van der Waals surface area contributed by atoms with Crippen molar-refractivity contribution in [3.63, 3.8) is 0 Å². The number of imidazole rings is 1. The lowest BCUT2D eigenvalue weighted by Gasteiger charge is -2.12. The van der Waals surface area contributed by atoms with Crippen LogP contribution in [0.4, 0.5) is 0 Å². The van der Waals surface area contributed by atoms with E-state index in [4.69, 9.17) is 4.42 Å². The number of furan rings is 1. The van der Waals surface area contributed by atoms with Gasteiger partial charge in [-0.05, 0) is 24.6 Å². The number of aromatic nitrogens is 2. The van der Waals surface area contributed by atoms with Gasteiger partial charge in [0.05, 0.1) is 19.1 Å². The number of hydrogen-bond acceptors (Lipinski definition) is 3. The van der Waals surface area contributed by atoms with Gasteiger partial charge in [-0.25, -0.2) is 4.98 Å². The van der Waals surface area contributed by atoms with E-state index in [1.807, 2.05) is 30.9 Å². The minimum atomic E-state index is 0.573. The van der Waals surface area contributed by atoms with Gasteiger partial charge in [-0.1, -0.05) is 6.92 Å². The fraction of sp³-hybridized carbons (Fsp3) is 0.417. The second-order valence-electron chi connectivity index (χ2n) is 4.07. The molecule has 2 aromatic rings. The maximum absolute atomic E-state index is 5.24. The number of nitrogens with zero attached hydrogens (tertiary/aromatic N) is 2. The lowest BCUT2D eigenvalue weighted by Crippen LogP contribution is -2.23. The van der Waals surface area contributed by atoms with Crippen molar-refractivity contribution in [2.24, 2.45) is 5.92 Å². The van der Waals surface area contributed by atoms with Gasteiger partial charge >= 0.3 is 0 Å². The predicted molar refractivity (Wildman–Crippen MR) is 61.8 cm³/mol. The van der Waals surface area contributed by atoms with E-state index >= 15 is 0 Å². The maximum Gasteiger partial charge on any atom is 0.117 e. The first-order chi connectivity index (χ1) is 7.84. The summed E-state index contributed by atoms with van der Waals surface area (Å²) in [7, 11) is 0. The highest BCUT2D eigenvalue weighted by Gasteiger charge is 2.03. The number of hydrogen-bond donors (Lipinski definition) is 1. The third kappa shape index (κ3) is 3.24. The first kappa shape index (κ1) is 11.0. The Labute approximate surface area is 95.3 Å². The van der Waals surface area contributed by atoms with Crippen LogP contribution in [0.1, 0.15) is 12.7 Å². The highest BCUT2D eigenvalue weighted by atomic mass is 16.3. The molecule has 0 bridgehead atoms. The zero-order valence-corrected chi connectivity index (χ0v) is 9.47. The number of nitrogens with one attached hydrogen (secondary N) is 1. The molecule has 0 aliphatic carbocycles. The van der Waals surface area contributed by atoms with Gasteiger partial charge in [-0.3, -0.25) is 0 Å². The van der Waals surface area contributed by atoms with Crippen LogP contribution in [0.15, 0.2) is 41.5 Å². The summed E-state index contributed by atoms with van der Waals surface area (Å²) in [5, 5.41) is 3.37. The molecule has 0 fully saturated rings. The average Bonchev–Trinajstić information content (AvgIpc) is 2.90. The molecule has 4 nitrogen and oxygen atoms in total. The molecule has 2 aromatic heterocycles. The minimum Gasteiger partial charge on any atom is -0.468 e. The van der Waals surface area contributed by atoms with Gasteiger partial charge < -0.3 is 14.3 Å². The van der Waals surface area contributed by atoms with Crippen LogP contribution >= 0.6 is 0 Å². The summed E-state index contributed by atoms with van der Waals surface area (Å²) in [6.07, 6.45) is 7.35. The summed E-state index contributed by atoms with van der Waals surface area (Å²) in [4.78, 5) is 4.02. The van der Waals surface area contributed by atoms with Crippen LogP contribution in [0.2, 0.25) is 0 Å². The SMILES string of the molecule is CC(CNCc1ccco1)Cn1ccnc1. The highest BCUT2D eigenvalue weighted by molar-refractivity contribution is 4.97. The van der Waals surface area contributed by atoms with Crippen LogP contribution < -0.4 is 5.32 Å². The Balaban J connectivity index is 1.66. The summed E-state index contributed by atoms with van der Waals surface area (Å²) in [6, 6.07) is 3.89. The Bertz CT molecular complexity index is 380. The smallest absolute Gasteiger partial charge is 0.117 e. The predicted octanol–water partition coefficient (Wildman–Crippen LogP) is 1.90. The zero-order chi connectivity index (χ0) is 11.2. The molecular weight excluding hydrogens is 202 g/mol. The van der Waals surface area contributed by atoms with Crippen molar-refractivity contribution in [2.75, 3.05) is 6.54 Å². The Hall–Kier alpha value is -1.55. The van der Waals surface area contributed by atoms with Crippen LogP contribution in [0.3, 0.4) is 0 Å². The van der Waals surface area contributed by atoms with E-state index in [-0.39, 0.29) is 0 Å². The quantitative estimate of drug-likeness (QED) is 0.807. The highest BCUT2D eigenvalue weighted by Crippen LogP contribution is 2.01. The van der Waals surface area contributed by atoms with E-state index in [0.29, 0.717) is 5.92 Å². The molecule has 0 spiro atoms. The van der Waals surface area contributed by atoms with Gasteiger partial charge in [0.2, 0.25) is 0 Å². The minimum absolute atomic E-state index is 0.573. The molecule has 4 heteroatoms. The molecule has 0 aromatic carbocycles. The maximum atomic E-state index is 5.24. The molecule has 1 atom stereocenters. The summed E-state index contributed by atoms with van der Waals surface area (Å²) < 4.78 is 7.34. The van der Waals surface area contributed by atoms with Gasteiger partial charge in [0.15, 0.2) is 0 Å². The largest absolute Gasteiger partial charge is 0.468 e. The van der Waals surface area contributed by atoms with Crippen molar-refractivity contribution >= 4 is 0 Å². The summed E-state index contributed by atoms with van der Waals surface area (Å²) in [5.74, 6) is 1.55. The second kappa shape index (κ2) is 5.51. The molecule has 86 valence electrons. The van der Waals surface area contributed by atoms with Crippen molar-refractivity contribution in [3.8, 4) is 0 Å². The molecule has 1 unspecified atom stereocenters. The Kier molecular flexibility index (Phi) is 3.77. The van der Waals surface area contributed by atoms with Crippen molar-refractivity contribution < 1.29 is 4.42 Å². The van der Waals surface area contributed by atoms with E-state index < -0.39 is 0 Å². The molecule has 2 heterocycles. The average molecular weight is 219 g/mol. The van der Waals surface area contributed by atoms with Gasteiger partial charge in [0.1, 0.15) is 5.76 Å². The second-order valence-corrected chi connectivity index (χ2v) is 4.07. The van der Waals surface area contributed by atoms with E-state index in [2.05, 4.69) is 21.8 Å². The molecule has 0 amide bonds. The van der Waals surface area contributed by atoms with E-state index in [0.717, 1.165) is 25.4 Å². The Morgan fingerprint density at radius 1 is 1.56 bits per heavy atom. The van der Waals surface area contributed by atoms with Crippen molar-refractivity contribution in [1.82, 2.24) is 14.9 Å². The van der Waals surface area contributed by atoms with Gasteiger partial charge in [-0.15, -0.1) is 0 Å². The van der Waals surface area contributed by atoms with Crippen molar-refractivity contribution in [3.05, 3.63) is 42.9 Å². The third-order valence-electron chi connectivity index (χ3n) is 2.45. The summed E-state index contributed by atoms with van der Waals surface area (Å²) in [5.41, 5.74) is 0. The molecule has 0 saturated carbocycles. The van der Waals surface area contributed by atoms with Crippen LogP contribution in [-0.4, -0.2) is 16.1 Å². The lowest BCUT2D eigenvalue weighted by molar-refractivity contribution is 0.421. The molecular formula is C12H17N3O. The first-order valence-corrected chi connectivity index (χ1v) is 5.53. The van der Waals surface area contributed by atoms with Gasteiger partial charge in [0.25, 0.3) is 0 Å². The van der Waals surface area contributed by atoms with Crippen LogP contribution in [-0.2, 0) is 13.1 Å². The third-order valence-corrected chi connectivity index (χ3v) is 2.45. The molecule has 2 rings (SSSR count). The van der Waals surface area contributed by atoms with Crippen LogP contribution in [0.5, 0.6) is 0 Å². The monoisotopic (exact) mass is 219 g/mol.